The monoisotopic (exact) mass is 364 g/mol. The quantitative estimate of drug-likeness (QED) is 0.716. The van der Waals surface area contributed by atoms with E-state index >= 15 is 0 Å². The summed E-state index contributed by atoms with van der Waals surface area (Å²) in [5.74, 6) is -0.294. The third-order valence-electron chi connectivity index (χ3n) is 4.77. The standard InChI is InChI=1S/C19H17FN6O/c1-9-17-15(26-19(22)25-9)4-10(5-16(17)27)13-3-2-12(20)6-14(13)11-7-23-18(21)24-8-11/h2-3,6-8,10H,4-5H2,1H3,(H2,21,23,24)(H2,22,25,26). The molecule has 0 amide bonds. The molecule has 4 N–H and O–H groups in total. The second-order valence-electron chi connectivity index (χ2n) is 6.58. The summed E-state index contributed by atoms with van der Waals surface area (Å²) in [5.41, 5.74) is 15.2. The van der Waals surface area contributed by atoms with E-state index in [1.54, 1.807) is 25.4 Å². The molecule has 4 rings (SSSR count). The molecule has 0 saturated heterocycles. The van der Waals surface area contributed by atoms with Crippen LogP contribution in [0.4, 0.5) is 16.3 Å². The first-order chi connectivity index (χ1) is 12.9. The van der Waals surface area contributed by atoms with Crippen molar-refractivity contribution in [1.82, 2.24) is 19.9 Å². The maximum absolute atomic E-state index is 13.9. The first kappa shape index (κ1) is 17.0. The second kappa shape index (κ2) is 6.39. The Morgan fingerprint density at radius 2 is 1.81 bits per heavy atom. The van der Waals surface area contributed by atoms with Crippen LogP contribution < -0.4 is 11.5 Å². The Hall–Kier alpha value is -3.42. The summed E-state index contributed by atoms with van der Waals surface area (Å²) in [6, 6.07) is 4.50. The summed E-state index contributed by atoms with van der Waals surface area (Å²) < 4.78 is 13.9. The van der Waals surface area contributed by atoms with Crippen molar-refractivity contribution in [2.45, 2.75) is 25.7 Å². The smallest absolute Gasteiger partial charge is 0.220 e. The summed E-state index contributed by atoms with van der Waals surface area (Å²) >= 11 is 0. The highest BCUT2D eigenvalue weighted by Gasteiger charge is 2.31. The number of hydrogen-bond donors (Lipinski definition) is 2. The maximum Gasteiger partial charge on any atom is 0.220 e. The zero-order valence-corrected chi connectivity index (χ0v) is 14.6. The third-order valence-corrected chi connectivity index (χ3v) is 4.77. The highest BCUT2D eigenvalue weighted by molar-refractivity contribution is 6.00. The van der Waals surface area contributed by atoms with Crippen molar-refractivity contribution in [3.05, 3.63) is 58.9 Å². The number of carbonyl (C=O) groups is 1. The molecular weight excluding hydrogens is 347 g/mol. The highest BCUT2D eigenvalue weighted by atomic mass is 19.1. The van der Waals surface area contributed by atoms with Crippen LogP contribution in [0.3, 0.4) is 0 Å². The number of aromatic nitrogens is 4. The fourth-order valence-electron chi connectivity index (χ4n) is 3.63. The molecule has 136 valence electrons. The van der Waals surface area contributed by atoms with Gasteiger partial charge in [0.1, 0.15) is 5.82 Å². The Bertz CT molecular complexity index is 1050. The van der Waals surface area contributed by atoms with Gasteiger partial charge in [0, 0.05) is 24.4 Å². The van der Waals surface area contributed by atoms with Crippen LogP contribution in [0.15, 0.2) is 30.6 Å². The van der Waals surface area contributed by atoms with Gasteiger partial charge in [0.15, 0.2) is 5.78 Å². The van der Waals surface area contributed by atoms with E-state index in [1.165, 1.54) is 12.1 Å². The largest absolute Gasteiger partial charge is 0.368 e. The average Bonchev–Trinajstić information content (AvgIpc) is 2.61. The molecule has 1 aromatic carbocycles. The number of ketones is 1. The van der Waals surface area contributed by atoms with E-state index in [1.807, 2.05) is 0 Å². The molecule has 1 unspecified atom stereocenters. The number of benzene rings is 1. The normalized spacial score (nSPS) is 16.2. The summed E-state index contributed by atoms with van der Waals surface area (Å²) in [5, 5.41) is 0. The van der Waals surface area contributed by atoms with Gasteiger partial charge in [-0.05, 0) is 42.5 Å². The molecule has 0 spiro atoms. The Balaban J connectivity index is 1.80. The van der Waals surface area contributed by atoms with Crippen LogP contribution in [0.2, 0.25) is 0 Å². The number of anilines is 2. The number of halogens is 1. The first-order valence-corrected chi connectivity index (χ1v) is 8.46. The van der Waals surface area contributed by atoms with Gasteiger partial charge in [-0.2, -0.15) is 0 Å². The third kappa shape index (κ3) is 3.10. The van der Waals surface area contributed by atoms with Gasteiger partial charge in [0.2, 0.25) is 11.9 Å². The molecule has 0 aliphatic heterocycles. The number of fused-ring (bicyclic) bond motifs is 1. The van der Waals surface area contributed by atoms with E-state index in [4.69, 9.17) is 11.5 Å². The van der Waals surface area contributed by atoms with Crippen molar-refractivity contribution in [1.29, 1.82) is 0 Å². The van der Waals surface area contributed by atoms with E-state index < -0.39 is 0 Å². The van der Waals surface area contributed by atoms with Crippen LogP contribution in [0.5, 0.6) is 0 Å². The number of nitrogen functional groups attached to an aromatic ring is 2. The predicted octanol–water partition coefficient (Wildman–Crippen LogP) is 2.46. The summed E-state index contributed by atoms with van der Waals surface area (Å²) in [6.07, 6.45) is 3.89. The fraction of sp³-hybridized carbons (Fsp3) is 0.211. The number of nitrogens with two attached hydrogens (primary N) is 2. The molecular formula is C19H17FN6O. The van der Waals surface area contributed by atoms with E-state index in [0.717, 1.165) is 5.56 Å². The van der Waals surface area contributed by atoms with Crippen molar-refractivity contribution < 1.29 is 9.18 Å². The van der Waals surface area contributed by atoms with Crippen molar-refractivity contribution in [2.24, 2.45) is 0 Å². The molecule has 1 aliphatic rings. The van der Waals surface area contributed by atoms with Crippen molar-refractivity contribution >= 4 is 17.7 Å². The SMILES string of the molecule is Cc1nc(N)nc2c1C(=O)CC(c1ccc(F)cc1-c1cnc(N)nc1)C2. The number of Topliss-reactive ketones (excluding diaryl/α,β-unsaturated/α-hetero) is 1. The number of hydrogen-bond acceptors (Lipinski definition) is 7. The second-order valence-corrected chi connectivity index (χ2v) is 6.58. The topological polar surface area (TPSA) is 121 Å². The zero-order chi connectivity index (χ0) is 19.1. The lowest BCUT2D eigenvalue weighted by Crippen LogP contribution is -2.23. The average molecular weight is 364 g/mol. The zero-order valence-electron chi connectivity index (χ0n) is 14.6. The van der Waals surface area contributed by atoms with E-state index in [2.05, 4.69) is 19.9 Å². The van der Waals surface area contributed by atoms with Crippen LogP contribution in [0, 0.1) is 12.7 Å². The van der Waals surface area contributed by atoms with Gasteiger partial charge < -0.3 is 11.5 Å². The van der Waals surface area contributed by atoms with E-state index in [9.17, 15) is 9.18 Å². The van der Waals surface area contributed by atoms with Crippen molar-refractivity contribution in [3.63, 3.8) is 0 Å². The van der Waals surface area contributed by atoms with Crippen molar-refractivity contribution in [3.8, 4) is 11.1 Å². The fourth-order valence-corrected chi connectivity index (χ4v) is 3.63. The number of nitrogens with zero attached hydrogens (tertiary/aromatic N) is 4. The number of carbonyl (C=O) groups excluding carboxylic acids is 1. The van der Waals surface area contributed by atoms with Crippen molar-refractivity contribution in [2.75, 3.05) is 11.5 Å². The molecule has 0 saturated carbocycles. The Labute approximate surface area is 154 Å². The minimum Gasteiger partial charge on any atom is -0.368 e. The minimum atomic E-state index is -0.379. The summed E-state index contributed by atoms with van der Waals surface area (Å²) in [4.78, 5) is 29.0. The first-order valence-electron chi connectivity index (χ1n) is 8.46. The Kier molecular flexibility index (Phi) is 4.02. The molecule has 1 atom stereocenters. The molecule has 7 nitrogen and oxygen atoms in total. The molecule has 0 fully saturated rings. The van der Waals surface area contributed by atoms with Crippen LogP contribution >= 0.6 is 0 Å². The molecule has 8 heteroatoms. The van der Waals surface area contributed by atoms with Gasteiger partial charge in [-0.1, -0.05) is 6.07 Å². The Morgan fingerprint density at radius 3 is 2.56 bits per heavy atom. The molecule has 3 aromatic rings. The maximum atomic E-state index is 13.9. The molecule has 0 radical (unpaired) electrons. The lowest BCUT2D eigenvalue weighted by Gasteiger charge is -2.26. The van der Waals surface area contributed by atoms with Gasteiger partial charge in [0.05, 0.1) is 17.0 Å². The van der Waals surface area contributed by atoms with Gasteiger partial charge >= 0.3 is 0 Å². The van der Waals surface area contributed by atoms with E-state index in [0.29, 0.717) is 34.5 Å². The van der Waals surface area contributed by atoms with Crippen LogP contribution in [-0.4, -0.2) is 25.7 Å². The van der Waals surface area contributed by atoms with E-state index in [-0.39, 0.29) is 35.8 Å². The number of rotatable bonds is 2. The molecule has 2 aromatic heterocycles. The van der Waals surface area contributed by atoms with Gasteiger partial charge in [-0.15, -0.1) is 0 Å². The molecule has 2 heterocycles. The van der Waals surface area contributed by atoms with Crippen LogP contribution in [0.25, 0.3) is 11.1 Å². The lowest BCUT2D eigenvalue weighted by molar-refractivity contribution is 0.0962. The lowest BCUT2D eigenvalue weighted by atomic mass is 9.79. The van der Waals surface area contributed by atoms with Crippen LogP contribution in [0.1, 0.15) is 39.6 Å². The number of aryl methyl sites for hydroxylation is 1. The molecule has 1 aliphatic carbocycles. The van der Waals surface area contributed by atoms with Gasteiger partial charge in [0.25, 0.3) is 0 Å². The van der Waals surface area contributed by atoms with Gasteiger partial charge in [-0.25, -0.2) is 24.3 Å². The minimum absolute atomic E-state index is 0.0393. The Morgan fingerprint density at radius 1 is 1.07 bits per heavy atom. The predicted molar refractivity (Wildman–Crippen MR) is 98.4 cm³/mol. The van der Waals surface area contributed by atoms with Crippen LogP contribution in [-0.2, 0) is 6.42 Å². The van der Waals surface area contributed by atoms with Gasteiger partial charge in [-0.3, -0.25) is 4.79 Å². The molecule has 27 heavy (non-hydrogen) atoms. The highest BCUT2D eigenvalue weighted by Crippen LogP contribution is 2.38. The molecule has 0 bridgehead atoms. The summed E-state index contributed by atoms with van der Waals surface area (Å²) in [7, 11) is 0. The summed E-state index contributed by atoms with van der Waals surface area (Å²) in [6.45, 7) is 1.75.